The summed E-state index contributed by atoms with van der Waals surface area (Å²) in [6.45, 7) is 3.65. The van der Waals surface area contributed by atoms with Gasteiger partial charge in [-0.2, -0.15) is 0 Å². The summed E-state index contributed by atoms with van der Waals surface area (Å²) < 4.78 is 0. The van der Waals surface area contributed by atoms with Gasteiger partial charge in [-0.1, -0.05) is 12.1 Å². The van der Waals surface area contributed by atoms with Gasteiger partial charge in [-0.25, -0.2) is 4.99 Å². The van der Waals surface area contributed by atoms with Gasteiger partial charge in [-0.3, -0.25) is 14.9 Å². The van der Waals surface area contributed by atoms with Crippen LogP contribution in [0.3, 0.4) is 0 Å². The Kier molecular flexibility index (Phi) is 7.64. The van der Waals surface area contributed by atoms with E-state index < -0.39 is 18.4 Å². The Morgan fingerprint density at radius 2 is 2.04 bits per heavy atom. The van der Waals surface area contributed by atoms with E-state index in [4.69, 9.17) is 0 Å². The third-order valence-corrected chi connectivity index (χ3v) is 4.14. The highest BCUT2D eigenvalue weighted by Gasteiger charge is 2.23. The van der Waals surface area contributed by atoms with E-state index in [2.05, 4.69) is 31.3 Å². The molecule has 10 nitrogen and oxygen atoms in total. The number of aliphatic imine (C=N–C) groups is 1. The van der Waals surface area contributed by atoms with Gasteiger partial charge in [-0.05, 0) is 56.1 Å². The van der Waals surface area contributed by atoms with Crippen LogP contribution in [-0.4, -0.2) is 36.9 Å². The maximum atomic E-state index is 12.2. The van der Waals surface area contributed by atoms with E-state index in [1.54, 1.807) is 32.0 Å². The fraction of sp³-hybridized carbons (Fsp3) is 0.389. The summed E-state index contributed by atoms with van der Waals surface area (Å²) in [5.74, 6) is -1.44. The molecule has 1 unspecified atom stereocenters. The van der Waals surface area contributed by atoms with Crippen LogP contribution in [0.5, 0.6) is 0 Å². The Morgan fingerprint density at radius 3 is 2.71 bits per heavy atom. The van der Waals surface area contributed by atoms with Crippen molar-refractivity contribution in [3.63, 3.8) is 0 Å². The molecule has 0 aromatic heterocycles. The first-order chi connectivity index (χ1) is 13.4. The van der Waals surface area contributed by atoms with Crippen LogP contribution in [0.1, 0.15) is 25.8 Å². The predicted molar refractivity (Wildman–Crippen MR) is 105 cm³/mol. The van der Waals surface area contributed by atoms with Crippen molar-refractivity contribution in [2.24, 2.45) is 15.3 Å². The zero-order chi connectivity index (χ0) is 20.5. The Hall–Kier alpha value is -3.27. The lowest BCUT2D eigenvalue weighted by Crippen LogP contribution is -2.46. The van der Waals surface area contributed by atoms with Crippen molar-refractivity contribution in [1.29, 1.82) is 0 Å². The molecule has 0 aliphatic carbocycles. The maximum Gasteiger partial charge on any atom is 0.305 e. The standard InChI is InChI=1S/C18H22N6O4/c1-11-16(17(26)20-10-15(25)24-28)12(2)22-18(21-11)19-8-4-6-13-5-3-7-14(9-13)23-27/h3,5,7,9,18-19,21H,4,6,8,10H2,1-2H3,(H,20,26). The number of carbonyl (C=O) groups excluding carboxylic acids is 2. The number of nitroso groups, excluding NO2 is 2. The number of nitrogens with zero attached hydrogens (tertiary/aromatic N) is 3. The van der Waals surface area contributed by atoms with Gasteiger partial charge in [0.05, 0.1) is 11.3 Å². The van der Waals surface area contributed by atoms with Crippen LogP contribution >= 0.6 is 0 Å². The van der Waals surface area contributed by atoms with Gasteiger partial charge in [0.25, 0.3) is 5.91 Å². The summed E-state index contributed by atoms with van der Waals surface area (Å²) in [5, 5.41) is 13.8. The summed E-state index contributed by atoms with van der Waals surface area (Å²) in [6.07, 6.45) is 1.23. The second kappa shape index (κ2) is 10.2. The number of hydrogen-bond acceptors (Lipinski definition) is 8. The summed E-state index contributed by atoms with van der Waals surface area (Å²) in [7, 11) is 0. The normalized spacial score (nSPS) is 16.1. The van der Waals surface area contributed by atoms with Crippen molar-refractivity contribution in [2.75, 3.05) is 13.1 Å². The molecule has 0 saturated heterocycles. The lowest BCUT2D eigenvalue weighted by molar-refractivity contribution is -0.122. The first kappa shape index (κ1) is 21.0. The van der Waals surface area contributed by atoms with Gasteiger partial charge < -0.3 is 10.6 Å². The van der Waals surface area contributed by atoms with Crippen LogP contribution in [0.2, 0.25) is 0 Å². The molecule has 1 atom stereocenters. The summed E-state index contributed by atoms with van der Waals surface area (Å²) in [6, 6.07) is 7.16. The van der Waals surface area contributed by atoms with Gasteiger partial charge in [-0.15, -0.1) is 9.81 Å². The molecular weight excluding hydrogens is 364 g/mol. The quantitative estimate of drug-likeness (QED) is 0.435. The third kappa shape index (κ3) is 5.88. The second-order valence-electron chi connectivity index (χ2n) is 6.25. The van der Waals surface area contributed by atoms with Crippen molar-refractivity contribution >= 4 is 23.2 Å². The van der Waals surface area contributed by atoms with E-state index in [0.29, 0.717) is 29.2 Å². The minimum Gasteiger partial charge on any atom is -0.354 e. The number of rotatable bonds is 9. The largest absolute Gasteiger partial charge is 0.354 e. The Balaban J connectivity index is 1.83. The van der Waals surface area contributed by atoms with Crippen LogP contribution in [0.25, 0.3) is 0 Å². The van der Waals surface area contributed by atoms with Crippen LogP contribution in [-0.2, 0) is 16.0 Å². The number of carbonyl (C=O) groups is 2. The highest BCUT2D eigenvalue weighted by molar-refractivity contribution is 6.21. The highest BCUT2D eigenvalue weighted by atomic mass is 16.3. The summed E-state index contributed by atoms with van der Waals surface area (Å²) in [4.78, 5) is 48.2. The van der Waals surface area contributed by atoms with E-state index in [1.807, 2.05) is 6.07 Å². The molecule has 2 rings (SSSR count). The van der Waals surface area contributed by atoms with Crippen LogP contribution in [0, 0.1) is 9.81 Å². The zero-order valence-electron chi connectivity index (χ0n) is 15.7. The molecule has 10 heteroatoms. The molecular formula is C18H22N6O4. The zero-order valence-corrected chi connectivity index (χ0v) is 15.7. The van der Waals surface area contributed by atoms with Crippen molar-refractivity contribution in [3.05, 3.63) is 50.9 Å². The van der Waals surface area contributed by atoms with E-state index in [0.717, 1.165) is 18.4 Å². The van der Waals surface area contributed by atoms with Gasteiger partial charge in [0.1, 0.15) is 12.2 Å². The molecule has 28 heavy (non-hydrogen) atoms. The SMILES string of the molecule is CC1=NC(NCCCc2cccc(N=O)c2)NC(C)=C1C(=O)NCC(=O)N=O. The smallest absolute Gasteiger partial charge is 0.305 e. The Bertz CT molecular complexity index is 833. The molecule has 0 fully saturated rings. The van der Waals surface area contributed by atoms with E-state index in [9.17, 15) is 19.4 Å². The maximum absolute atomic E-state index is 12.2. The van der Waals surface area contributed by atoms with Crippen molar-refractivity contribution < 1.29 is 9.59 Å². The minimum absolute atomic E-state index is 0.329. The highest BCUT2D eigenvalue weighted by Crippen LogP contribution is 2.15. The van der Waals surface area contributed by atoms with Crippen molar-refractivity contribution in [1.82, 2.24) is 16.0 Å². The average molecular weight is 386 g/mol. The summed E-state index contributed by atoms with van der Waals surface area (Å²) >= 11 is 0. The fourth-order valence-electron chi connectivity index (χ4n) is 2.85. The van der Waals surface area contributed by atoms with Gasteiger partial charge in [0.15, 0.2) is 6.29 Å². The Morgan fingerprint density at radius 1 is 1.25 bits per heavy atom. The second-order valence-corrected chi connectivity index (χ2v) is 6.25. The number of benzene rings is 1. The molecule has 1 aliphatic heterocycles. The number of hydrogen-bond donors (Lipinski definition) is 3. The third-order valence-electron chi connectivity index (χ3n) is 4.14. The van der Waals surface area contributed by atoms with Crippen LogP contribution in [0.15, 0.2) is 50.9 Å². The molecule has 1 heterocycles. The average Bonchev–Trinajstić information content (AvgIpc) is 2.69. The topological polar surface area (TPSA) is 141 Å². The van der Waals surface area contributed by atoms with Gasteiger partial charge in [0.2, 0.25) is 0 Å². The molecule has 0 spiro atoms. The first-order valence-electron chi connectivity index (χ1n) is 8.77. The lowest BCUT2D eigenvalue weighted by Gasteiger charge is -2.25. The molecule has 1 aromatic carbocycles. The van der Waals surface area contributed by atoms with Crippen molar-refractivity contribution in [3.8, 4) is 0 Å². The predicted octanol–water partition coefficient (Wildman–Crippen LogP) is 1.64. The molecule has 148 valence electrons. The van der Waals surface area contributed by atoms with E-state index >= 15 is 0 Å². The molecule has 0 saturated carbocycles. The number of allylic oxidation sites excluding steroid dienone is 1. The molecule has 1 aliphatic rings. The molecule has 2 amide bonds. The fourth-order valence-corrected chi connectivity index (χ4v) is 2.85. The Labute approximate surface area is 161 Å². The number of nitrogens with one attached hydrogen (secondary N) is 3. The number of amides is 2. The lowest BCUT2D eigenvalue weighted by atomic mass is 10.1. The van der Waals surface area contributed by atoms with E-state index in [1.165, 1.54) is 0 Å². The van der Waals surface area contributed by atoms with Crippen LogP contribution in [0.4, 0.5) is 5.69 Å². The van der Waals surface area contributed by atoms with Crippen molar-refractivity contribution in [2.45, 2.75) is 33.0 Å². The first-order valence-corrected chi connectivity index (χ1v) is 8.77. The molecule has 0 bridgehead atoms. The van der Waals surface area contributed by atoms with Crippen LogP contribution < -0.4 is 16.0 Å². The monoisotopic (exact) mass is 386 g/mol. The van der Waals surface area contributed by atoms with Gasteiger partial charge in [0, 0.05) is 10.9 Å². The summed E-state index contributed by atoms with van der Waals surface area (Å²) in [5.41, 5.74) is 2.90. The molecule has 3 N–H and O–H groups in total. The van der Waals surface area contributed by atoms with Gasteiger partial charge >= 0.3 is 5.91 Å². The minimum atomic E-state index is -0.945. The van der Waals surface area contributed by atoms with E-state index in [-0.39, 0.29) is 6.29 Å². The number of aryl methyl sites for hydroxylation is 1. The molecule has 1 aromatic rings. The molecule has 0 radical (unpaired) electrons.